The third-order valence-electron chi connectivity index (χ3n) is 4.09. The van der Waals surface area contributed by atoms with E-state index in [1.807, 2.05) is 25.1 Å². The van der Waals surface area contributed by atoms with Crippen molar-refractivity contribution in [3.63, 3.8) is 0 Å². The fourth-order valence-electron chi connectivity index (χ4n) is 2.78. The molecule has 0 unspecified atom stereocenters. The Labute approximate surface area is 159 Å². The van der Waals surface area contributed by atoms with Crippen LogP contribution in [-0.2, 0) is 11.3 Å². The van der Waals surface area contributed by atoms with E-state index in [1.54, 1.807) is 39.2 Å². The minimum atomic E-state index is -0.244. The summed E-state index contributed by atoms with van der Waals surface area (Å²) in [6.07, 6.45) is 0. The number of ether oxygens (including phenoxy) is 3. The van der Waals surface area contributed by atoms with E-state index in [4.69, 9.17) is 19.9 Å². The molecule has 0 aliphatic carbocycles. The summed E-state index contributed by atoms with van der Waals surface area (Å²) in [5, 5.41) is 0. The van der Waals surface area contributed by atoms with E-state index in [-0.39, 0.29) is 23.6 Å². The number of nitrogens with two attached hydrogens (primary N) is 1. The molecule has 0 radical (unpaired) electrons. The fraction of sp³-hybridized carbons (Fsp3) is 0.421. The Balaban J connectivity index is 2.35. The topological polar surface area (TPSA) is 99.8 Å². The molecule has 8 heteroatoms. The molecule has 0 saturated heterocycles. The standard InChI is InChI=1S/C19H26N4O4/c1-12-8-15(22-19(20)21-12)18(24)23(13(2)11-25-3)10-14-6-7-16(26-4)17(9-14)27-5/h6-9,13H,10-11H2,1-5H3,(H2,20,21,22)/t13-/m1/s1. The monoisotopic (exact) mass is 374 g/mol. The molecule has 1 heterocycles. The van der Waals surface area contributed by atoms with E-state index in [0.29, 0.717) is 30.3 Å². The molecule has 8 nitrogen and oxygen atoms in total. The van der Waals surface area contributed by atoms with Gasteiger partial charge in [0.15, 0.2) is 11.5 Å². The average Bonchev–Trinajstić information content (AvgIpc) is 2.64. The summed E-state index contributed by atoms with van der Waals surface area (Å²) in [5.74, 6) is 1.06. The zero-order valence-corrected chi connectivity index (χ0v) is 16.4. The molecular weight excluding hydrogens is 348 g/mol. The Hall–Kier alpha value is -2.87. The van der Waals surface area contributed by atoms with E-state index < -0.39 is 0 Å². The third kappa shape index (κ3) is 5.07. The Bertz CT molecular complexity index is 777. The molecule has 2 rings (SSSR count). The van der Waals surface area contributed by atoms with Crippen molar-refractivity contribution < 1.29 is 19.0 Å². The van der Waals surface area contributed by atoms with Crippen LogP contribution >= 0.6 is 0 Å². The summed E-state index contributed by atoms with van der Waals surface area (Å²) >= 11 is 0. The number of carbonyl (C=O) groups is 1. The molecule has 2 aromatic rings. The van der Waals surface area contributed by atoms with Crippen LogP contribution in [0.4, 0.5) is 5.95 Å². The number of carbonyl (C=O) groups excluding carboxylic acids is 1. The molecule has 0 spiro atoms. The first kappa shape index (κ1) is 20.4. The molecule has 1 atom stereocenters. The minimum Gasteiger partial charge on any atom is -0.493 e. The molecule has 1 aromatic heterocycles. The Morgan fingerprint density at radius 2 is 1.85 bits per heavy atom. The van der Waals surface area contributed by atoms with Crippen molar-refractivity contribution in [1.82, 2.24) is 14.9 Å². The zero-order valence-electron chi connectivity index (χ0n) is 16.4. The number of nitrogen functional groups attached to an aromatic ring is 1. The summed E-state index contributed by atoms with van der Waals surface area (Å²) < 4.78 is 15.9. The van der Waals surface area contributed by atoms with Crippen molar-refractivity contribution >= 4 is 11.9 Å². The van der Waals surface area contributed by atoms with E-state index in [2.05, 4.69) is 9.97 Å². The quantitative estimate of drug-likeness (QED) is 0.755. The molecular formula is C19H26N4O4. The maximum absolute atomic E-state index is 13.1. The molecule has 146 valence electrons. The van der Waals surface area contributed by atoms with Gasteiger partial charge in [-0.15, -0.1) is 0 Å². The molecule has 1 aromatic carbocycles. The van der Waals surface area contributed by atoms with Gasteiger partial charge in [-0.3, -0.25) is 4.79 Å². The molecule has 27 heavy (non-hydrogen) atoms. The van der Waals surface area contributed by atoms with Gasteiger partial charge >= 0.3 is 0 Å². The largest absolute Gasteiger partial charge is 0.493 e. The SMILES string of the molecule is COC[C@@H](C)N(Cc1ccc(OC)c(OC)c1)C(=O)c1cc(C)nc(N)n1. The van der Waals surface area contributed by atoms with Crippen molar-refractivity contribution in [2.24, 2.45) is 0 Å². The van der Waals surface area contributed by atoms with Crippen LogP contribution in [0.3, 0.4) is 0 Å². The maximum Gasteiger partial charge on any atom is 0.273 e. The first-order valence-electron chi connectivity index (χ1n) is 8.51. The number of aryl methyl sites for hydroxylation is 1. The van der Waals surface area contributed by atoms with E-state index in [1.165, 1.54) is 0 Å². The van der Waals surface area contributed by atoms with Gasteiger partial charge in [0.05, 0.1) is 26.9 Å². The molecule has 2 N–H and O–H groups in total. The van der Waals surface area contributed by atoms with Crippen LogP contribution in [0.15, 0.2) is 24.3 Å². The van der Waals surface area contributed by atoms with Crippen molar-refractivity contribution in [2.45, 2.75) is 26.4 Å². The van der Waals surface area contributed by atoms with Crippen LogP contribution in [0.2, 0.25) is 0 Å². The summed E-state index contributed by atoms with van der Waals surface area (Å²) in [4.78, 5) is 22.9. The average molecular weight is 374 g/mol. The van der Waals surface area contributed by atoms with Crippen LogP contribution < -0.4 is 15.2 Å². The summed E-state index contributed by atoms with van der Waals surface area (Å²) in [5.41, 5.74) is 7.49. The Kier molecular flexibility index (Phi) is 6.95. The number of nitrogens with zero attached hydrogens (tertiary/aromatic N) is 3. The van der Waals surface area contributed by atoms with Gasteiger partial charge in [-0.1, -0.05) is 6.07 Å². The molecule has 0 fully saturated rings. The third-order valence-corrected chi connectivity index (χ3v) is 4.09. The van der Waals surface area contributed by atoms with Gasteiger partial charge in [0.2, 0.25) is 5.95 Å². The van der Waals surface area contributed by atoms with Crippen molar-refractivity contribution in [3.05, 3.63) is 41.2 Å². The first-order valence-corrected chi connectivity index (χ1v) is 8.51. The lowest BCUT2D eigenvalue weighted by molar-refractivity contribution is 0.0536. The summed E-state index contributed by atoms with van der Waals surface area (Å²) in [6, 6.07) is 7.00. The van der Waals surface area contributed by atoms with Gasteiger partial charge < -0.3 is 24.8 Å². The number of methoxy groups -OCH3 is 3. The highest BCUT2D eigenvalue weighted by atomic mass is 16.5. The molecule has 1 amide bonds. The van der Waals surface area contributed by atoms with Crippen LogP contribution in [0, 0.1) is 6.92 Å². The number of amides is 1. The smallest absolute Gasteiger partial charge is 0.273 e. The second-order valence-corrected chi connectivity index (χ2v) is 6.18. The number of aromatic nitrogens is 2. The fourth-order valence-corrected chi connectivity index (χ4v) is 2.78. The minimum absolute atomic E-state index is 0.0730. The lowest BCUT2D eigenvalue weighted by Crippen LogP contribution is -2.41. The molecule has 0 aliphatic heterocycles. The maximum atomic E-state index is 13.1. The highest BCUT2D eigenvalue weighted by Crippen LogP contribution is 2.28. The second kappa shape index (κ2) is 9.18. The van der Waals surface area contributed by atoms with E-state index in [0.717, 1.165) is 5.56 Å². The molecule has 0 aliphatic rings. The summed E-state index contributed by atoms with van der Waals surface area (Å²) in [7, 11) is 4.75. The zero-order chi connectivity index (χ0) is 20.0. The van der Waals surface area contributed by atoms with Crippen LogP contribution in [0.25, 0.3) is 0 Å². The van der Waals surface area contributed by atoms with Gasteiger partial charge in [0.1, 0.15) is 5.69 Å². The number of anilines is 1. The molecule has 0 saturated carbocycles. The number of hydrogen-bond donors (Lipinski definition) is 1. The predicted octanol–water partition coefficient (Wildman–Crippen LogP) is 2.06. The number of rotatable bonds is 8. The highest BCUT2D eigenvalue weighted by molar-refractivity contribution is 5.92. The number of hydrogen-bond acceptors (Lipinski definition) is 7. The van der Waals surface area contributed by atoms with Crippen molar-refractivity contribution in [3.8, 4) is 11.5 Å². The Morgan fingerprint density at radius 3 is 2.44 bits per heavy atom. The lowest BCUT2D eigenvalue weighted by Gasteiger charge is -2.29. The van der Waals surface area contributed by atoms with Crippen molar-refractivity contribution in [2.75, 3.05) is 33.7 Å². The van der Waals surface area contributed by atoms with Gasteiger partial charge in [-0.2, -0.15) is 0 Å². The highest BCUT2D eigenvalue weighted by Gasteiger charge is 2.24. The van der Waals surface area contributed by atoms with Gasteiger partial charge in [0, 0.05) is 19.3 Å². The van der Waals surface area contributed by atoms with Crippen LogP contribution in [0.5, 0.6) is 11.5 Å². The number of benzene rings is 1. The van der Waals surface area contributed by atoms with Crippen molar-refractivity contribution in [1.29, 1.82) is 0 Å². The lowest BCUT2D eigenvalue weighted by atomic mass is 10.1. The van der Waals surface area contributed by atoms with Gasteiger partial charge in [-0.05, 0) is 37.6 Å². The first-order chi connectivity index (χ1) is 12.9. The van der Waals surface area contributed by atoms with E-state index in [9.17, 15) is 4.79 Å². The van der Waals surface area contributed by atoms with E-state index >= 15 is 0 Å². The second-order valence-electron chi connectivity index (χ2n) is 6.18. The predicted molar refractivity (Wildman–Crippen MR) is 102 cm³/mol. The van der Waals surface area contributed by atoms with Crippen LogP contribution in [-0.4, -0.2) is 54.8 Å². The molecule has 0 bridgehead atoms. The Morgan fingerprint density at radius 1 is 1.15 bits per heavy atom. The normalized spacial score (nSPS) is 11.7. The van der Waals surface area contributed by atoms with Gasteiger partial charge in [0.25, 0.3) is 5.91 Å². The van der Waals surface area contributed by atoms with Crippen LogP contribution in [0.1, 0.15) is 28.7 Å². The van der Waals surface area contributed by atoms with Gasteiger partial charge in [-0.25, -0.2) is 9.97 Å². The summed E-state index contributed by atoms with van der Waals surface area (Å²) in [6.45, 7) is 4.43.